The molecule has 1 aliphatic heterocycles. The van der Waals surface area contributed by atoms with E-state index in [9.17, 15) is 8.42 Å². The van der Waals surface area contributed by atoms with E-state index >= 15 is 0 Å². The Balaban J connectivity index is 1.44. The van der Waals surface area contributed by atoms with Crippen LogP contribution in [-0.4, -0.2) is 26.9 Å². The number of sulfonamides is 1. The molecule has 5 nitrogen and oxygen atoms in total. The smallest absolute Gasteiger partial charge is 0.236 e. The zero-order valence-corrected chi connectivity index (χ0v) is 17.2. The zero-order chi connectivity index (χ0) is 20.3. The number of rotatable bonds is 6. The van der Waals surface area contributed by atoms with Gasteiger partial charge in [-0.25, -0.2) is 8.42 Å². The third kappa shape index (κ3) is 4.96. The number of fused-ring (bicyclic) bond motifs is 1. The van der Waals surface area contributed by atoms with Gasteiger partial charge in [-0.15, -0.1) is 0 Å². The predicted molar refractivity (Wildman–Crippen MR) is 116 cm³/mol. The Labute approximate surface area is 172 Å². The number of hydrogen-bond donors (Lipinski definition) is 1. The van der Waals surface area contributed by atoms with Crippen LogP contribution in [0.15, 0.2) is 72.8 Å². The standard InChI is InChI=1S/C23H24N2O3S/c1-25-15-14-22-19(16-25)8-5-9-23(22)28-21-12-10-20(11-13-21)24-29(26,27)17-18-6-3-2-4-7-18/h2-13,24H,14-17H2,1H3. The van der Waals surface area contributed by atoms with E-state index in [1.165, 1.54) is 11.1 Å². The third-order valence-corrected chi connectivity index (χ3v) is 6.23. The van der Waals surface area contributed by atoms with Crippen LogP contribution < -0.4 is 9.46 Å². The van der Waals surface area contributed by atoms with Crippen LogP contribution in [0.2, 0.25) is 0 Å². The molecule has 0 saturated heterocycles. The second-order valence-electron chi connectivity index (χ2n) is 7.35. The lowest BCUT2D eigenvalue weighted by molar-refractivity contribution is 0.309. The van der Waals surface area contributed by atoms with Crippen LogP contribution in [0, 0.1) is 0 Å². The summed E-state index contributed by atoms with van der Waals surface area (Å²) in [6.07, 6.45) is 0.958. The third-order valence-electron chi connectivity index (χ3n) is 4.97. The molecule has 1 aliphatic rings. The fourth-order valence-corrected chi connectivity index (χ4v) is 4.74. The van der Waals surface area contributed by atoms with Gasteiger partial charge in [-0.1, -0.05) is 42.5 Å². The molecule has 0 aliphatic carbocycles. The molecular weight excluding hydrogens is 384 g/mol. The van der Waals surface area contributed by atoms with E-state index < -0.39 is 10.0 Å². The van der Waals surface area contributed by atoms with Crippen LogP contribution in [0.5, 0.6) is 11.5 Å². The average molecular weight is 409 g/mol. The van der Waals surface area contributed by atoms with Crippen molar-refractivity contribution in [2.24, 2.45) is 0 Å². The normalized spacial score (nSPS) is 14.2. The average Bonchev–Trinajstić information content (AvgIpc) is 2.69. The highest BCUT2D eigenvalue weighted by Crippen LogP contribution is 2.31. The second kappa shape index (κ2) is 8.27. The van der Waals surface area contributed by atoms with Crippen molar-refractivity contribution in [2.45, 2.75) is 18.7 Å². The summed E-state index contributed by atoms with van der Waals surface area (Å²) < 4.78 is 33.5. The van der Waals surface area contributed by atoms with E-state index in [4.69, 9.17) is 4.74 Å². The van der Waals surface area contributed by atoms with Gasteiger partial charge in [-0.05, 0) is 54.9 Å². The predicted octanol–water partition coefficient (Wildman–Crippen LogP) is 4.41. The summed E-state index contributed by atoms with van der Waals surface area (Å²) in [7, 11) is -1.35. The van der Waals surface area contributed by atoms with Crippen molar-refractivity contribution in [3.63, 3.8) is 0 Å². The first-order chi connectivity index (χ1) is 14.0. The number of nitrogens with zero attached hydrogens (tertiary/aromatic N) is 1. The number of benzene rings is 3. The van der Waals surface area contributed by atoms with Crippen LogP contribution in [0.4, 0.5) is 5.69 Å². The fraction of sp³-hybridized carbons (Fsp3) is 0.217. The molecule has 3 aromatic rings. The molecule has 0 amide bonds. The van der Waals surface area contributed by atoms with Crippen molar-refractivity contribution >= 4 is 15.7 Å². The Kier molecular flexibility index (Phi) is 5.56. The quantitative estimate of drug-likeness (QED) is 0.656. The van der Waals surface area contributed by atoms with Gasteiger partial charge in [0.05, 0.1) is 5.75 Å². The fourth-order valence-electron chi connectivity index (χ4n) is 3.54. The minimum atomic E-state index is -3.47. The number of nitrogens with one attached hydrogen (secondary N) is 1. The lowest BCUT2D eigenvalue weighted by Gasteiger charge is -2.26. The molecule has 0 unspecified atom stereocenters. The molecule has 0 radical (unpaired) electrons. The first kappa shape index (κ1) is 19.5. The van der Waals surface area contributed by atoms with Gasteiger partial charge >= 0.3 is 0 Å². The van der Waals surface area contributed by atoms with Crippen LogP contribution in [0.25, 0.3) is 0 Å². The van der Waals surface area contributed by atoms with Crippen molar-refractivity contribution in [1.29, 1.82) is 0 Å². The van der Waals surface area contributed by atoms with Gasteiger partial charge in [0, 0.05) is 24.3 Å². The molecule has 29 heavy (non-hydrogen) atoms. The monoisotopic (exact) mass is 408 g/mol. The summed E-state index contributed by atoms with van der Waals surface area (Å²) in [4.78, 5) is 2.29. The Bertz CT molecular complexity index is 1080. The van der Waals surface area contributed by atoms with E-state index in [1.807, 2.05) is 30.3 Å². The van der Waals surface area contributed by atoms with E-state index in [0.717, 1.165) is 30.8 Å². The van der Waals surface area contributed by atoms with Gasteiger partial charge in [0.2, 0.25) is 10.0 Å². The Hall–Kier alpha value is -2.83. The summed E-state index contributed by atoms with van der Waals surface area (Å²) in [6.45, 7) is 1.93. The topological polar surface area (TPSA) is 58.6 Å². The van der Waals surface area contributed by atoms with Crippen LogP contribution >= 0.6 is 0 Å². The van der Waals surface area contributed by atoms with Gasteiger partial charge in [0.25, 0.3) is 0 Å². The number of ether oxygens (including phenoxy) is 1. The summed E-state index contributed by atoms with van der Waals surface area (Å²) in [5, 5.41) is 0. The molecule has 0 bridgehead atoms. The molecule has 0 atom stereocenters. The first-order valence-electron chi connectivity index (χ1n) is 9.60. The van der Waals surface area contributed by atoms with Gasteiger partial charge in [0.15, 0.2) is 0 Å². The largest absolute Gasteiger partial charge is 0.457 e. The highest BCUT2D eigenvalue weighted by molar-refractivity contribution is 7.91. The Morgan fingerprint density at radius 2 is 1.72 bits per heavy atom. The Morgan fingerprint density at radius 1 is 0.966 bits per heavy atom. The van der Waals surface area contributed by atoms with Crippen LogP contribution in [0.1, 0.15) is 16.7 Å². The maximum Gasteiger partial charge on any atom is 0.236 e. The minimum absolute atomic E-state index is 0.0588. The molecule has 150 valence electrons. The number of likely N-dealkylation sites (N-methyl/N-ethyl adjacent to an activating group) is 1. The van der Waals surface area contributed by atoms with Crippen molar-refractivity contribution in [3.8, 4) is 11.5 Å². The van der Waals surface area contributed by atoms with Crippen LogP contribution in [-0.2, 0) is 28.7 Å². The lowest BCUT2D eigenvalue weighted by Crippen LogP contribution is -2.26. The molecule has 1 N–H and O–H groups in total. The lowest BCUT2D eigenvalue weighted by atomic mass is 9.99. The molecule has 3 aromatic carbocycles. The molecule has 0 aromatic heterocycles. The van der Waals surface area contributed by atoms with E-state index in [2.05, 4.69) is 22.7 Å². The van der Waals surface area contributed by atoms with Gasteiger partial charge < -0.3 is 9.64 Å². The maximum absolute atomic E-state index is 12.4. The summed E-state index contributed by atoms with van der Waals surface area (Å²) in [5.41, 5.74) is 3.81. The molecular formula is C23H24N2O3S. The molecule has 1 heterocycles. The minimum Gasteiger partial charge on any atom is -0.457 e. The Morgan fingerprint density at radius 3 is 2.48 bits per heavy atom. The van der Waals surface area contributed by atoms with Crippen molar-refractivity contribution in [1.82, 2.24) is 4.90 Å². The van der Waals surface area contributed by atoms with Gasteiger partial charge in [-0.3, -0.25) is 4.72 Å². The first-order valence-corrected chi connectivity index (χ1v) is 11.3. The summed E-state index contributed by atoms with van der Waals surface area (Å²) in [6, 6.07) is 22.3. The van der Waals surface area contributed by atoms with Crippen molar-refractivity contribution in [2.75, 3.05) is 18.3 Å². The summed E-state index contributed by atoms with van der Waals surface area (Å²) in [5.74, 6) is 1.49. The van der Waals surface area contributed by atoms with Crippen molar-refractivity contribution in [3.05, 3.63) is 89.5 Å². The van der Waals surface area contributed by atoms with Crippen LogP contribution in [0.3, 0.4) is 0 Å². The van der Waals surface area contributed by atoms with E-state index in [1.54, 1.807) is 36.4 Å². The van der Waals surface area contributed by atoms with E-state index in [0.29, 0.717) is 11.4 Å². The molecule has 0 spiro atoms. The number of anilines is 1. The molecule has 0 saturated carbocycles. The second-order valence-corrected chi connectivity index (χ2v) is 9.08. The molecule has 0 fully saturated rings. The highest BCUT2D eigenvalue weighted by atomic mass is 32.2. The summed E-state index contributed by atoms with van der Waals surface area (Å²) >= 11 is 0. The van der Waals surface area contributed by atoms with Gasteiger partial charge in [-0.2, -0.15) is 0 Å². The number of hydrogen-bond acceptors (Lipinski definition) is 4. The molecule has 4 rings (SSSR count). The molecule has 6 heteroatoms. The zero-order valence-electron chi connectivity index (χ0n) is 16.3. The SMILES string of the molecule is CN1CCc2c(cccc2Oc2ccc(NS(=O)(=O)Cc3ccccc3)cc2)C1. The maximum atomic E-state index is 12.4. The highest BCUT2D eigenvalue weighted by Gasteiger charge is 2.17. The van der Waals surface area contributed by atoms with Crippen molar-refractivity contribution < 1.29 is 13.2 Å². The van der Waals surface area contributed by atoms with Gasteiger partial charge in [0.1, 0.15) is 11.5 Å². The van der Waals surface area contributed by atoms with E-state index in [-0.39, 0.29) is 5.75 Å².